The summed E-state index contributed by atoms with van der Waals surface area (Å²) in [4.78, 5) is 31.4. The molecule has 1 aliphatic heterocycles. The maximum Gasteiger partial charge on any atom is 0.274 e. The molecule has 7 nitrogen and oxygen atoms in total. The summed E-state index contributed by atoms with van der Waals surface area (Å²) in [7, 11) is 0. The van der Waals surface area contributed by atoms with Crippen molar-refractivity contribution in [1.29, 1.82) is 0 Å². The Hall–Kier alpha value is -2.15. The fraction of sp³-hybridized carbons (Fsp3) is 0.632. The molecule has 0 bridgehead atoms. The minimum atomic E-state index is -0.117. The van der Waals surface area contributed by atoms with E-state index in [2.05, 4.69) is 15.2 Å². The van der Waals surface area contributed by atoms with Gasteiger partial charge in [-0.25, -0.2) is 4.98 Å². The number of piperazine rings is 1. The maximum atomic E-state index is 12.3. The van der Waals surface area contributed by atoms with Crippen LogP contribution in [0.1, 0.15) is 32.1 Å². The number of nitrogens with one attached hydrogen (secondary N) is 2. The summed E-state index contributed by atoms with van der Waals surface area (Å²) in [5, 5.41) is 3.00. The van der Waals surface area contributed by atoms with Crippen LogP contribution in [0.3, 0.4) is 0 Å². The number of pyridine rings is 1. The smallest absolute Gasteiger partial charge is 0.274 e. The van der Waals surface area contributed by atoms with Crippen molar-refractivity contribution in [2.45, 2.75) is 38.1 Å². The molecule has 2 heterocycles. The highest BCUT2D eigenvalue weighted by Crippen LogP contribution is 2.17. The average molecular weight is 361 g/mol. The van der Waals surface area contributed by atoms with E-state index in [0.29, 0.717) is 13.1 Å². The van der Waals surface area contributed by atoms with E-state index in [9.17, 15) is 9.59 Å². The first-order valence-corrected chi connectivity index (χ1v) is 9.59. The fourth-order valence-corrected chi connectivity index (χ4v) is 3.62. The van der Waals surface area contributed by atoms with E-state index < -0.39 is 0 Å². The standard InChI is InChI=1S/C19H28N4O3/c24-18(21-16-6-2-1-3-7-16)14-26-15-19(25)23-12-10-22(11-13-23)17-8-4-5-9-20-17/h4-5,8-9,16H,1-3,6-7,10-15H2,(H,21,24)/p+1. The Labute approximate surface area is 154 Å². The van der Waals surface area contributed by atoms with Crippen molar-refractivity contribution in [3.05, 3.63) is 24.4 Å². The van der Waals surface area contributed by atoms with Gasteiger partial charge in [-0.15, -0.1) is 0 Å². The molecule has 26 heavy (non-hydrogen) atoms. The molecule has 2 aliphatic rings. The number of carbonyl (C=O) groups excluding carboxylic acids is 2. The molecule has 3 rings (SSSR count). The molecule has 1 aromatic heterocycles. The van der Waals surface area contributed by atoms with Crippen LogP contribution in [0.4, 0.5) is 5.82 Å². The van der Waals surface area contributed by atoms with Crippen molar-refractivity contribution in [3.8, 4) is 0 Å². The van der Waals surface area contributed by atoms with Crippen molar-refractivity contribution >= 4 is 17.6 Å². The number of aromatic nitrogens is 1. The van der Waals surface area contributed by atoms with Crippen LogP contribution < -0.4 is 15.2 Å². The van der Waals surface area contributed by atoms with E-state index in [1.807, 2.05) is 24.4 Å². The number of hydrogen-bond donors (Lipinski definition) is 1. The Morgan fingerprint density at radius 1 is 1.08 bits per heavy atom. The third kappa shape index (κ3) is 5.42. The first kappa shape index (κ1) is 18.6. The number of rotatable bonds is 6. The first-order chi connectivity index (χ1) is 12.7. The highest BCUT2D eigenvalue weighted by Gasteiger charge is 2.26. The van der Waals surface area contributed by atoms with Gasteiger partial charge in [0, 0.05) is 12.1 Å². The van der Waals surface area contributed by atoms with Crippen LogP contribution in [0.25, 0.3) is 0 Å². The van der Waals surface area contributed by atoms with Gasteiger partial charge >= 0.3 is 0 Å². The number of carbonyl (C=O) groups is 2. The van der Waals surface area contributed by atoms with Gasteiger partial charge in [0.05, 0.1) is 19.3 Å². The lowest BCUT2D eigenvalue weighted by Crippen LogP contribution is -2.51. The van der Waals surface area contributed by atoms with Gasteiger partial charge in [0.1, 0.15) is 26.3 Å². The van der Waals surface area contributed by atoms with Gasteiger partial charge in [-0.1, -0.05) is 25.3 Å². The molecule has 2 fully saturated rings. The van der Waals surface area contributed by atoms with E-state index in [4.69, 9.17) is 4.74 Å². The minimum Gasteiger partial charge on any atom is -0.362 e. The molecule has 0 radical (unpaired) electrons. The van der Waals surface area contributed by atoms with Gasteiger partial charge < -0.3 is 15.0 Å². The second-order valence-corrected chi connectivity index (χ2v) is 7.01. The number of nitrogens with zero attached hydrogens (tertiary/aromatic N) is 2. The summed E-state index contributed by atoms with van der Waals surface area (Å²) in [5.74, 6) is 0.900. The van der Waals surface area contributed by atoms with Crippen molar-refractivity contribution in [2.24, 2.45) is 0 Å². The zero-order chi connectivity index (χ0) is 18.2. The van der Waals surface area contributed by atoms with Crippen LogP contribution >= 0.6 is 0 Å². The van der Waals surface area contributed by atoms with E-state index >= 15 is 0 Å². The predicted octanol–water partition coefficient (Wildman–Crippen LogP) is 0.615. The number of H-pyrrole nitrogens is 1. The highest BCUT2D eigenvalue weighted by atomic mass is 16.5. The lowest BCUT2D eigenvalue weighted by molar-refractivity contribution is -0.364. The Morgan fingerprint density at radius 3 is 2.54 bits per heavy atom. The van der Waals surface area contributed by atoms with Crippen molar-refractivity contribution < 1.29 is 19.3 Å². The van der Waals surface area contributed by atoms with Gasteiger partial charge in [0.25, 0.3) is 5.82 Å². The molecule has 1 saturated carbocycles. The van der Waals surface area contributed by atoms with E-state index in [-0.39, 0.29) is 31.1 Å². The number of ether oxygens (including phenoxy) is 1. The van der Waals surface area contributed by atoms with Crippen LogP contribution in [0, 0.1) is 0 Å². The second kappa shape index (κ2) is 9.52. The molecule has 7 heteroatoms. The van der Waals surface area contributed by atoms with Crippen LogP contribution in [-0.2, 0) is 14.3 Å². The lowest BCUT2D eigenvalue weighted by atomic mass is 9.95. The molecular formula is C19H29N4O3+. The van der Waals surface area contributed by atoms with Gasteiger partial charge in [-0.05, 0) is 18.9 Å². The Morgan fingerprint density at radius 2 is 1.85 bits per heavy atom. The SMILES string of the molecule is O=C(COCC(=O)N1CCN(c2cccc[nH+]2)CC1)NC1CCCCC1. The van der Waals surface area contributed by atoms with Gasteiger partial charge in [-0.2, -0.15) is 0 Å². The zero-order valence-electron chi connectivity index (χ0n) is 15.3. The van der Waals surface area contributed by atoms with Crippen LogP contribution in [0.15, 0.2) is 24.4 Å². The van der Waals surface area contributed by atoms with E-state index in [1.54, 1.807) is 4.90 Å². The summed E-state index contributed by atoms with van der Waals surface area (Å²) in [6.07, 6.45) is 7.61. The van der Waals surface area contributed by atoms with Gasteiger partial charge in [0.15, 0.2) is 0 Å². The summed E-state index contributed by atoms with van der Waals surface area (Å²) in [5.41, 5.74) is 0. The molecule has 2 N–H and O–H groups in total. The molecule has 0 atom stereocenters. The summed E-state index contributed by atoms with van der Waals surface area (Å²) < 4.78 is 5.34. The summed E-state index contributed by atoms with van der Waals surface area (Å²) in [6, 6.07) is 6.25. The third-order valence-corrected chi connectivity index (χ3v) is 5.09. The molecule has 0 spiro atoms. The molecule has 1 aromatic rings. The monoisotopic (exact) mass is 361 g/mol. The topological polar surface area (TPSA) is 76.0 Å². The van der Waals surface area contributed by atoms with Crippen LogP contribution in [0.5, 0.6) is 0 Å². The van der Waals surface area contributed by atoms with Gasteiger partial charge in [-0.3, -0.25) is 14.5 Å². The largest absolute Gasteiger partial charge is 0.362 e. The number of amides is 2. The molecular weight excluding hydrogens is 332 g/mol. The summed E-state index contributed by atoms with van der Waals surface area (Å²) in [6.45, 7) is 2.83. The average Bonchev–Trinajstić information content (AvgIpc) is 2.69. The van der Waals surface area contributed by atoms with Crippen LogP contribution in [-0.4, -0.2) is 62.1 Å². The van der Waals surface area contributed by atoms with Crippen molar-refractivity contribution in [1.82, 2.24) is 10.2 Å². The fourth-order valence-electron chi connectivity index (χ4n) is 3.62. The van der Waals surface area contributed by atoms with E-state index in [0.717, 1.165) is 31.7 Å². The number of aromatic amines is 1. The molecule has 0 unspecified atom stereocenters. The zero-order valence-corrected chi connectivity index (χ0v) is 15.3. The molecule has 2 amide bonds. The molecule has 142 valence electrons. The van der Waals surface area contributed by atoms with Crippen molar-refractivity contribution in [2.75, 3.05) is 44.3 Å². The number of hydrogen-bond acceptors (Lipinski definition) is 4. The summed E-state index contributed by atoms with van der Waals surface area (Å²) >= 11 is 0. The highest BCUT2D eigenvalue weighted by molar-refractivity contribution is 5.80. The maximum absolute atomic E-state index is 12.3. The minimum absolute atomic E-state index is 0.0322. The van der Waals surface area contributed by atoms with E-state index in [1.165, 1.54) is 19.3 Å². The molecule has 1 saturated heterocycles. The second-order valence-electron chi connectivity index (χ2n) is 7.01. The normalized spacial score (nSPS) is 18.6. The Kier molecular flexibility index (Phi) is 6.82. The molecule has 1 aliphatic carbocycles. The third-order valence-electron chi connectivity index (χ3n) is 5.09. The number of anilines is 1. The first-order valence-electron chi connectivity index (χ1n) is 9.59. The predicted molar refractivity (Wildman–Crippen MR) is 97.6 cm³/mol. The lowest BCUT2D eigenvalue weighted by Gasteiger charge is -2.30. The molecule has 0 aromatic carbocycles. The Bertz CT molecular complexity index is 582. The van der Waals surface area contributed by atoms with Crippen LogP contribution in [0.2, 0.25) is 0 Å². The van der Waals surface area contributed by atoms with Gasteiger partial charge in [0.2, 0.25) is 11.8 Å². The quantitative estimate of drug-likeness (QED) is 0.806. The van der Waals surface area contributed by atoms with Crippen molar-refractivity contribution in [3.63, 3.8) is 0 Å². The Balaban J connectivity index is 1.32.